The Kier molecular flexibility index (Phi) is 5.39. The van der Waals surface area contributed by atoms with Crippen molar-refractivity contribution < 1.29 is 14.3 Å². The van der Waals surface area contributed by atoms with Crippen LogP contribution in [0, 0.1) is 0 Å². The van der Waals surface area contributed by atoms with Crippen LogP contribution in [0.15, 0.2) is 85.2 Å². The van der Waals surface area contributed by atoms with E-state index in [0.717, 1.165) is 0 Å². The Labute approximate surface area is 151 Å². The van der Waals surface area contributed by atoms with Gasteiger partial charge in [0.15, 0.2) is 6.10 Å². The zero-order chi connectivity index (χ0) is 18.4. The quantitative estimate of drug-likeness (QED) is 0.655. The number of hydrogen-bond donors (Lipinski definition) is 0. The predicted molar refractivity (Wildman–Crippen MR) is 99.1 cm³/mol. The fourth-order valence-electron chi connectivity index (χ4n) is 2.51. The second-order valence-electron chi connectivity index (χ2n) is 5.63. The third-order valence-electron chi connectivity index (χ3n) is 3.80. The van der Waals surface area contributed by atoms with Crippen LogP contribution < -0.4 is 4.90 Å². The van der Waals surface area contributed by atoms with Crippen molar-refractivity contribution in [3.05, 3.63) is 90.8 Å². The van der Waals surface area contributed by atoms with E-state index >= 15 is 0 Å². The molecule has 0 radical (unpaired) electrons. The van der Waals surface area contributed by atoms with E-state index in [9.17, 15) is 9.59 Å². The first kappa shape index (κ1) is 17.4. The standard InChI is InChI=1S/C21H18N2O3/c1-16(26-21(25)17-12-14-22-15-13-17)20(24)23(18-8-4-2-5-9-18)19-10-6-3-7-11-19/h2-16H,1H3. The number of ether oxygens (including phenoxy) is 1. The molecule has 1 aromatic heterocycles. The number of anilines is 2. The molecule has 3 rings (SSSR count). The summed E-state index contributed by atoms with van der Waals surface area (Å²) in [5.74, 6) is -0.890. The smallest absolute Gasteiger partial charge is 0.339 e. The van der Waals surface area contributed by atoms with Crippen molar-refractivity contribution >= 4 is 23.3 Å². The minimum absolute atomic E-state index is 0.329. The molecule has 2 aromatic carbocycles. The first-order valence-corrected chi connectivity index (χ1v) is 8.22. The maximum atomic E-state index is 13.0. The molecule has 1 heterocycles. The number of carbonyl (C=O) groups excluding carboxylic acids is 2. The number of esters is 1. The van der Waals surface area contributed by atoms with Crippen molar-refractivity contribution in [3.8, 4) is 0 Å². The third-order valence-corrected chi connectivity index (χ3v) is 3.80. The number of hydrogen-bond acceptors (Lipinski definition) is 4. The number of rotatable bonds is 5. The second kappa shape index (κ2) is 8.07. The normalized spacial score (nSPS) is 11.4. The van der Waals surface area contributed by atoms with Crippen molar-refractivity contribution in [2.24, 2.45) is 0 Å². The number of aromatic nitrogens is 1. The lowest BCUT2D eigenvalue weighted by molar-refractivity contribution is -0.125. The fraction of sp³-hybridized carbons (Fsp3) is 0.0952. The van der Waals surface area contributed by atoms with E-state index in [2.05, 4.69) is 4.98 Å². The maximum absolute atomic E-state index is 13.0. The lowest BCUT2D eigenvalue weighted by atomic mass is 10.2. The van der Waals surface area contributed by atoms with Gasteiger partial charge in [-0.2, -0.15) is 0 Å². The molecule has 0 aliphatic rings. The van der Waals surface area contributed by atoms with E-state index in [1.165, 1.54) is 12.4 Å². The van der Waals surface area contributed by atoms with Gasteiger partial charge in [0.25, 0.3) is 5.91 Å². The lowest BCUT2D eigenvalue weighted by Gasteiger charge is -2.26. The van der Waals surface area contributed by atoms with Crippen LogP contribution in [0.4, 0.5) is 11.4 Å². The van der Waals surface area contributed by atoms with E-state index in [4.69, 9.17) is 4.74 Å². The zero-order valence-corrected chi connectivity index (χ0v) is 14.3. The SMILES string of the molecule is CC(OC(=O)c1ccncc1)C(=O)N(c1ccccc1)c1ccccc1. The van der Waals surface area contributed by atoms with Crippen LogP contribution in [0.2, 0.25) is 0 Å². The van der Waals surface area contributed by atoms with Crippen LogP contribution in [-0.2, 0) is 9.53 Å². The molecule has 5 nitrogen and oxygen atoms in total. The molecule has 26 heavy (non-hydrogen) atoms. The average Bonchev–Trinajstić information content (AvgIpc) is 2.70. The van der Waals surface area contributed by atoms with E-state index in [1.54, 1.807) is 24.0 Å². The molecule has 1 unspecified atom stereocenters. The summed E-state index contributed by atoms with van der Waals surface area (Å²) in [6.07, 6.45) is 2.06. The van der Waals surface area contributed by atoms with Crippen LogP contribution in [0.5, 0.6) is 0 Å². The summed E-state index contributed by atoms with van der Waals surface area (Å²) >= 11 is 0. The number of pyridine rings is 1. The first-order valence-electron chi connectivity index (χ1n) is 8.22. The molecule has 5 heteroatoms. The van der Waals surface area contributed by atoms with Gasteiger partial charge in [0.1, 0.15) is 0 Å². The number of nitrogens with zero attached hydrogens (tertiary/aromatic N) is 2. The zero-order valence-electron chi connectivity index (χ0n) is 14.3. The molecule has 130 valence electrons. The molecular formula is C21H18N2O3. The highest BCUT2D eigenvalue weighted by molar-refractivity contribution is 6.04. The number of carbonyl (C=O) groups is 2. The summed E-state index contributed by atoms with van der Waals surface area (Å²) in [7, 11) is 0. The van der Waals surface area contributed by atoms with Gasteiger partial charge in [0.2, 0.25) is 0 Å². The van der Waals surface area contributed by atoms with E-state index < -0.39 is 12.1 Å². The minimum Gasteiger partial charge on any atom is -0.449 e. The number of para-hydroxylation sites is 2. The van der Waals surface area contributed by atoms with Gasteiger partial charge in [0.05, 0.1) is 5.56 Å². The molecule has 3 aromatic rings. The Morgan fingerprint density at radius 1 is 0.846 bits per heavy atom. The Hall–Kier alpha value is -3.47. The van der Waals surface area contributed by atoms with Gasteiger partial charge in [-0.25, -0.2) is 4.79 Å². The molecule has 1 amide bonds. The van der Waals surface area contributed by atoms with Crippen LogP contribution in [0.1, 0.15) is 17.3 Å². The number of benzene rings is 2. The van der Waals surface area contributed by atoms with Gasteiger partial charge in [-0.15, -0.1) is 0 Å². The molecule has 0 aliphatic carbocycles. The van der Waals surface area contributed by atoms with Crippen molar-refractivity contribution in [2.45, 2.75) is 13.0 Å². The highest BCUT2D eigenvalue weighted by Gasteiger charge is 2.26. The highest BCUT2D eigenvalue weighted by atomic mass is 16.5. The van der Waals surface area contributed by atoms with Crippen molar-refractivity contribution in [2.75, 3.05) is 4.90 Å². The molecule has 0 N–H and O–H groups in total. The van der Waals surface area contributed by atoms with Crippen LogP contribution >= 0.6 is 0 Å². The maximum Gasteiger partial charge on any atom is 0.339 e. The largest absolute Gasteiger partial charge is 0.449 e. The Morgan fingerprint density at radius 2 is 1.35 bits per heavy atom. The summed E-state index contributed by atoms with van der Waals surface area (Å²) < 4.78 is 5.36. The Morgan fingerprint density at radius 3 is 1.85 bits per heavy atom. The van der Waals surface area contributed by atoms with Crippen LogP contribution in [0.3, 0.4) is 0 Å². The molecule has 0 fully saturated rings. The van der Waals surface area contributed by atoms with Crippen LogP contribution in [-0.4, -0.2) is 23.0 Å². The molecule has 0 saturated heterocycles. The van der Waals surface area contributed by atoms with E-state index in [-0.39, 0.29) is 5.91 Å². The molecule has 1 atom stereocenters. The first-order chi connectivity index (χ1) is 12.7. The third kappa shape index (κ3) is 3.95. The predicted octanol–water partition coefficient (Wildman–Crippen LogP) is 3.99. The molecule has 0 bridgehead atoms. The van der Waals surface area contributed by atoms with E-state index in [0.29, 0.717) is 16.9 Å². The van der Waals surface area contributed by atoms with Gasteiger partial charge in [0, 0.05) is 23.8 Å². The summed E-state index contributed by atoms with van der Waals surface area (Å²) in [4.78, 5) is 30.7. The van der Waals surface area contributed by atoms with Gasteiger partial charge in [-0.3, -0.25) is 14.7 Å². The average molecular weight is 346 g/mol. The second-order valence-corrected chi connectivity index (χ2v) is 5.63. The molecule has 0 saturated carbocycles. The summed E-state index contributed by atoms with van der Waals surface area (Å²) in [6.45, 7) is 1.57. The monoisotopic (exact) mass is 346 g/mol. The minimum atomic E-state index is -0.948. The van der Waals surface area contributed by atoms with Gasteiger partial charge < -0.3 is 4.74 Å². The topological polar surface area (TPSA) is 59.5 Å². The van der Waals surface area contributed by atoms with Crippen LogP contribution in [0.25, 0.3) is 0 Å². The van der Waals surface area contributed by atoms with Crippen molar-refractivity contribution in [1.29, 1.82) is 0 Å². The van der Waals surface area contributed by atoms with E-state index in [1.807, 2.05) is 60.7 Å². The Bertz CT molecular complexity index is 828. The summed E-state index contributed by atoms with van der Waals surface area (Å²) in [6, 6.07) is 21.6. The Balaban J connectivity index is 1.84. The highest BCUT2D eigenvalue weighted by Crippen LogP contribution is 2.26. The molecular weight excluding hydrogens is 328 g/mol. The van der Waals surface area contributed by atoms with Gasteiger partial charge in [-0.05, 0) is 43.3 Å². The summed E-state index contributed by atoms with van der Waals surface area (Å²) in [5.41, 5.74) is 1.76. The molecule has 0 spiro atoms. The fourth-order valence-corrected chi connectivity index (χ4v) is 2.51. The molecule has 0 aliphatic heterocycles. The number of amides is 1. The summed E-state index contributed by atoms with van der Waals surface area (Å²) in [5, 5.41) is 0. The van der Waals surface area contributed by atoms with Gasteiger partial charge >= 0.3 is 5.97 Å². The van der Waals surface area contributed by atoms with Gasteiger partial charge in [-0.1, -0.05) is 36.4 Å². The lowest BCUT2D eigenvalue weighted by Crippen LogP contribution is -2.37. The van der Waals surface area contributed by atoms with Crippen molar-refractivity contribution in [1.82, 2.24) is 4.98 Å². The van der Waals surface area contributed by atoms with Crippen molar-refractivity contribution in [3.63, 3.8) is 0 Å².